The zero-order valence-corrected chi connectivity index (χ0v) is 18.9. The van der Waals surface area contributed by atoms with Gasteiger partial charge in [-0.3, -0.25) is 14.2 Å². The van der Waals surface area contributed by atoms with Gasteiger partial charge in [-0.05, 0) is 63.0 Å². The Morgan fingerprint density at radius 2 is 2.20 bits per heavy atom. The first-order valence-electron chi connectivity index (χ1n) is 10.1. The summed E-state index contributed by atoms with van der Waals surface area (Å²) in [5, 5.41) is 4.06. The minimum Gasteiger partial charge on any atom is -0.324 e. The normalized spacial score (nSPS) is 16.1. The van der Waals surface area contributed by atoms with E-state index in [1.165, 1.54) is 9.44 Å². The van der Waals surface area contributed by atoms with Crippen LogP contribution in [0.3, 0.4) is 0 Å². The van der Waals surface area contributed by atoms with E-state index in [2.05, 4.69) is 12.2 Å². The van der Waals surface area contributed by atoms with E-state index in [9.17, 15) is 9.59 Å². The highest BCUT2D eigenvalue weighted by molar-refractivity contribution is 7.18. The lowest BCUT2D eigenvalue weighted by molar-refractivity contribution is -0.116. The Bertz CT molecular complexity index is 1170. The van der Waals surface area contributed by atoms with Crippen molar-refractivity contribution in [3.8, 4) is 0 Å². The molecule has 1 aromatic carbocycles. The number of carbonyl (C=O) groups excluding carboxylic acids is 1. The zero-order valence-electron chi connectivity index (χ0n) is 17.4. The van der Waals surface area contributed by atoms with Gasteiger partial charge < -0.3 is 10.2 Å². The molecule has 2 heterocycles. The summed E-state index contributed by atoms with van der Waals surface area (Å²) in [5.41, 5.74) is 1.61. The molecule has 0 radical (unpaired) electrons. The van der Waals surface area contributed by atoms with Gasteiger partial charge in [0.1, 0.15) is 17.2 Å². The summed E-state index contributed by atoms with van der Waals surface area (Å²) >= 11 is 7.64. The van der Waals surface area contributed by atoms with Crippen molar-refractivity contribution in [1.82, 2.24) is 14.5 Å². The first-order chi connectivity index (χ1) is 14.3. The van der Waals surface area contributed by atoms with Crippen LogP contribution in [0.2, 0.25) is 5.02 Å². The van der Waals surface area contributed by atoms with Crippen molar-refractivity contribution in [3.05, 3.63) is 55.9 Å². The van der Waals surface area contributed by atoms with Gasteiger partial charge in [-0.1, -0.05) is 24.6 Å². The number of nitrogens with zero attached hydrogens (tertiary/aromatic N) is 3. The molecule has 1 atom stereocenters. The average Bonchev–Trinajstić information content (AvgIpc) is 3.01. The van der Waals surface area contributed by atoms with E-state index >= 15 is 0 Å². The maximum absolute atomic E-state index is 13.5. The summed E-state index contributed by atoms with van der Waals surface area (Å²) in [7, 11) is 3.85. The molecule has 6 nitrogen and oxygen atoms in total. The van der Waals surface area contributed by atoms with Crippen molar-refractivity contribution < 1.29 is 4.79 Å². The molecular weight excluding hydrogens is 420 g/mol. The molecule has 2 aromatic heterocycles. The lowest BCUT2D eigenvalue weighted by atomic mass is 9.89. The van der Waals surface area contributed by atoms with Gasteiger partial charge in [0.2, 0.25) is 5.91 Å². The third kappa shape index (κ3) is 4.29. The smallest absolute Gasteiger partial charge is 0.263 e. The average molecular weight is 445 g/mol. The lowest BCUT2D eigenvalue weighted by Crippen LogP contribution is -2.33. The molecular formula is C22H25ClN4O2S. The molecule has 0 spiro atoms. The standard InChI is InChI=1S/C22H25ClN4O2S/c1-13-7-8-16-17(9-13)30-21-20(16)22(29)27(18(25-21)11-26(2)3)12-19(28)24-15-6-4-5-14(23)10-15/h4-6,10,13H,7-9,11-12H2,1-3H3,(H,24,28). The van der Waals surface area contributed by atoms with Crippen LogP contribution < -0.4 is 10.9 Å². The summed E-state index contributed by atoms with van der Waals surface area (Å²) in [4.78, 5) is 35.1. The van der Waals surface area contributed by atoms with Gasteiger partial charge in [-0.25, -0.2) is 4.98 Å². The first-order valence-corrected chi connectivity index (χ1v) is 11.3. The van der Waals surface area contributed by atoms with E-state index in [1.54, 1.807) is 35.6 Å². The van der Waals surface area contributed by atoms with Gasteiger partial charge in [0, 0.05) is 15.6 Å². The van der Waals surface area contributed by atoms with E-state index in [0.29, 0.717) is 34.4 Å². The molecule has 158 valence electrons. The molecule has 0 saturated carbocycles. The number of benzene rings is 1. The number of nitrogens with one attached hydrogen (secondary N) is 1. The van der Waals surface area contributed by atoms with Gasteiger partial charge in [0.25, 0.3) is 5.56 Å². The van der Waals surface area contributed by atoms with Crippen LogP contribution in [0.5, 0.6) is 0 Å². The van der Waals surface area contributed by atoms with Crippen molar-refractivity contribution in [1.29, 1.82) is 0 Å². The molecule has 1 aliphatic rings. The highest BCUT2D eigenvalue weighted by Crippen LogP contribution is 2.35. The fourth-order valence-electron chi connectivity index (χ4n) is 3.94. The van der Waals surface area contributed by atoms with Crippen molar-refractivity contribution in [2.45, 2.75) is 39.3 Å². The van der Waals surface area contributed by atoms with Crippen molar-refractivity contribution in [2.24, 2.45) is 5.92 Å². The quantitative estimate of drug-likeness (QED) is 0.647. The second-order valence-corrected chi connectivity index (χ2v) is 9.77. The molecule has 4 rings (SSSR count). The van der Waals surface area contributed by atoms with E-state index in [1.807, 2.05) is 19.0 Å². The van der Waals surface area contributed by atoms with E-state index in [0.717, 1.165) is 29.7 Å². The molecule has 8 heteroatoms. The summed E-state index contributed by atoms with van der Waals surface area (Å²) in [5.74, 6) is 0.945. The fraction of sp³-hybridized carbons (Fsp3) is 0.409. The van der Waals surface area contributed by atoms with Crippen LogP contribution >= 0.6 is 22.9 Å². The highest BCUT2D eigenvalue weighted by Gasteiger charge is 2.25. The first kappa shape index (κ1) is 21.0. The minimum atomic E-state index is -0.279. The molecule has 0 bridgehead atoms. The third-order valence-corrected chi connectivity index (χ3v) is 6.75. The van der Waals surface area contributed by atoms with E-state index in [-0.39, 0.29) is 18.0 Å². The fourth-order valence-corrected chi connectivity index (χ4v) is 5.52. The Labute approximate surface area is 184 Å². The van der Waals surface area contributed by atoms with Gasteiger partial charge >= 0.3 is 0 Å². The number of aromatic nitrogens is 2. The Morgan fingerprint density at radius 3 is 2.93 bits per heavy atom. The number of carbonyl (C=O) groups is 1. The molecule has 1 amide bonds. The molecule has 0 saturated heterocycles. The number of halogens is 1. The Hall–Kier alpha value is -2.22. The second kappa shape index (κ2) is 8.49. The molecule has 0 aliphatic heterocycles. The SMILES string of the molecule is CC1CCc2c(sc3nc(CN(C)C)n(CC(=O)Nc4cccc(Cl)c4)c(=O)c23)C1. The minimum absolute atomic E-state index is 0.0848. The number of hydrogen-bond acceptors (Lipinski definition) is 5. The maximum atomic E-state index is 13.5. The van der Waals surface area contributed by atoms with Crippen molar-refractivity contribution in [3.63, 3.8) is 0 Å². The number of rotatable bonds is 5. The van der Waals surface area contributed by atoms with Crippen LogP contribution in [-0.2, 0) is 30.7 Å². The predicted octanol–water partition coefficient (Wildman–Crippen LogP) is 3.94. The van der Waals surface area contributed by atoms with Crippen molar-refractivity contribution in [2.75, 3.05) is 19.4 Å². The summed E-state index contributed by atoms with van der Waals surface area (Å²) in [6.45, 7) is 2.64. The van der Waals surface area contributed by atoms with Crippen LogP contribution in [-0.4, -0.2) is 34.5 Å². The van der Waals surface area contributed by atoms with Crippen LogP contribution in [0.15, 0.2) is 29.1 Å². The van der Waals surface area contributed by atoms with Gasteiger partial charge in [0.05, 0.1) is 11.9 Å². The maximum Gasteiger partial charge on any atom is 0.263 e. The molecule has 30 heavy (non-hydrogen) atoms. The van der Waals surface area contributed by atoms with Crippen LogP contribution in [0.1, 0.15) is 29.6 Å². The van der Waals surface area contributed by atoms with E-state index < -0.39 is 0 Å². The predicted molar refractivity (Wildman–Crippen MR) is 123 cm³/mol. The largest absolute Gasteiger partial charge is 0.324 e. The number of aryl methyl sites for hydroxylation is 1. The van der Waals surface area contributed by atoms with E-state index in [4.69, 9.17) is 16.6 Å². The second-order valence-electron chi connectivity index (χ2n) is 8.25. The molecule has 1 unspecified atom stereocenters. The van der Waals surface area contributed by atoms with Crippen LogP contribution in [0.4, 0.5) is 5.69 Å². The molecule has 1 N–H and O–H groups in total. The number of fused-ring (bicyclic) bond motifs is 3. The highest BCUT2D eigenvalue weighted by atomic mass is 35.5. The zero-order chi connectivity index (χ0) is 21.4. The number of thiophene rings is 1. The Morgan fingerprint density at radius 1 is 1.40 bits per heavy atom. The number of anilines is 1. The summed E-state index contributed by atoms with van der Waals surface area (Å²) in [6, 6.07) is 6.97. The third-order valence-electron chi connectivity index (χ3n) is 5.36. The Kier molecular flexibility index (Phi) is 5.95. The molecule has 1 aliphatic carbocycles. The van der Waals surface area contributed by atoms with Crippen LogP contribution in [0, 0.1) is 5.92 Å². The summed E-state index contributed by atoms with van der Waals surface area (Å²) in [6.07, 6.45) is 2.97. The van der Waals surface area contributed by atoms with Crippen LogP contribution in [0.25, 0.3) is 10.2 Å². The Balaban J connectivity index is 1.74. The summed E-state index contributed by atoms with van der Waals surface area (Å²) < 4.78 is 1.52. The van der Waals surface area contributed by atoms with Gasteiger partial charge in [-0.15, -0.1) is 11.3 Å². The topological polar surface area (TPSA) is 67.2 Å². The lowest BCUT2D eigenvalue weighted by Gasteiger charge is -2.18. The van der Waals surface area contributed by atoms with Crippen molar-refractivity contribution >= 4 is 44.7 Å². The number of amides is 1. The van der Waals surface area contributed by atoms with Gasteiger partial charge in [-0.2, -0.15) is 0 Å². The molecule has 0 fully saturated rings. The van der Waals surface area contributed by atoms with Gasteiger partial charge in [0.15, 0.2) is 0 Å². The monoisotopic (exact) mass is 444 g/mol. The number of hydrogen-bond donors (Lipinski definition) is 1. The molecule has 3 aromatic rings.